The van der Waals surface area contributed by atoms with Gasteiger partial charge in [0.15, 0.2) is 0 Å². The zero-order valence-corrected chi connectivity index (χ0v) is 15.5. The second-order valence-electron chi connectivity index (χ2n) is 7.02. The Labute approximate surface area is 148 Å². The average molecular weight is 348 g/mol. The molecule has 138 valence electrons. The van der Waals surface area contributed by atoms with Crippen LogP contribution >= 0.6 is 0 Å². The van der Waals surface area contributed by atoms with Crippen molar-refractivity contribution in [2.45, 2.75) is 26.2 Å². The van der Waals surface area contributed by atoms with Gasteiger partial charge in [-0.2, -0.15) is 0 Å². The third-order valence-corrected chi connectivity index (χ3v) is 4.52. The van der Waals surface area contributed by atoms with Crippen molar-refractivity contribution in [3.05, 3.63) is 33.7 Å². The lowest BCUT2D eigenvalue weighted by molar-refractivity contribution is -0.129. The first-order chi connectivity index (χ1) is 11.8. The average Bonchev–Trinajstić information content (AvgIpc) is 2.79. The SMILES string of the molecule is CC(C)c1ccc(C(=O)N2CCCN(CC(=O)N(C)C)CC2)c(=O)[nH]1. The smallest absolute Gasteiger partial charge is 0.261 e. The Morgan fingerprint density at radius 2 is 1.88 bits per heavy atom. The van der Waals surface area contributed by atoms with Gasteiger partial charge in [0, 0.05) is 46.0 Å². The van der Waals surface area contributed by atoms with E-state index >= 15 is 0 Å². The Kier molecular flexibility index (Phi) is 6.36. The molecule has 2 amide bonds. The van der Waals surface area contributed by atoms with E-state index < -0.39 is 0 Å². The van der Waals surface area contributed by atoms with Crippen molar-refractivity contribution in [2.24, 2.45) is 0 Å². The highest BCUT2D eigenvalue weighted by Gasteiger charge is 2.23. The van der Waals surface area contributed by atoms with Crippen LogP contribution in [-0.4, -0.2) is 78.3 Å². The molecule has 7 heteroatoms. The number of carbonyl (C=O) groups excluding carboxylic acids is 2. The van der Waals surface area contributed by atoms with Crippen LogP contribution in [0, 0.1) is 0 Å². The zero-order chi connectivity index (χ0) is 18.6. The Hall–Kier alpha value is -2.15. The number of rotatable bonds is 4. The lowest BCUT2D eigenvalue weighted by atomic mass is 10.1. The van der Waals surface area contributed by atoms with Gasteiger partial charge in [0.05, 0.1) is 6.54 Å². The van der Waals surface area contributed by atoms with Crippen LogP contribution in [0.4, 0.5) is 0 Å². The van der Waals surface area contributed by atoms with Crippen molar-refractivity contribution in [3.8, 4) is 0 Å². The Morgan fingerprint density at radius 3 is 2.48 bits per heavy atom. The summed E-state index contributed by atoms with van der Waals surface area (Å²) in [5.74, 6) is 0.0238. The minimum Gasteiger partial charge on any atom is -0.348 e. The molecule has 1 fully saturated rings. The lowest BCUT2D eigenvalue weighted by Crippen LogP contribution is -2.40. The zero-order valence-electron chi connectivity index (χ0n) is 15.5. The number of pyridine rings is 1. The monoisotopic (exact) mass is 348 g/mol. The molecule has 25 heavy (non-hydrogen) atoms. The molecule has 0 bridgehead atoms. The molecule has 1 aromatic rings. The minimum atomic E-state index is -0.333. The van der Waals surface area contributed by atoms with Gasteiger partial charge in [-0.05, 0) is 24.5 Å². The number of likely N-dealkylation sites (N-methyl/N-ethyl adjacent to an activating group) is 1. The van der Waals surface area contributed by atoms with Gasteiger partial charge in [0.2, 0.25) is 5.91 Å². The van der Waals surface area contributed by atoms with E-state index in [1.54, 1.807) is 36.0 Å². The first-order valence-corrected chi connectivity index (χ1v) is 8.74. The maximum absolute atomic E-state index is 12.7. The van der Waals surface area contributed by atoms with Gasteiger partial charge in [-0.25, -0.2) is 0 Å². The summed E-state index contributed by atoms with van der Waals surface area (Å²) in [6, 6.07) is 3.42. The predicted octanol–water partition coefficient (Wildman–Crippen LogP) is 0.734. The van der Waals surface area contributed by atoms with Crippen molar-refractivity contribution >= 4 is 11.8 Å². The third-order valence-electron chi connectivity index (χ3n) is 4.52. The van der Waals surface area contributed by atoms with Crippen LogP contribution in [0.25, 0.3) is 0 Å². The van der Waals surface area contributed by atoms with Crippen LogP contribution in [0.2, 0.25) is 0 Å². The van der Waals surface area contributed by atoms with E-state index in [1.807, 2.05) is 13.8 Å². The summed E-state index contributed by atoms with van der Waals surface area (Å²) < 4.78 is 0. The van der Waals surface area contributed by atoms with Gasteiger partial charge >= 0.3 is 0 Å². The highest BCUT2D eigenvalue weighted by Crippen LogP contribution is 2.11. The van der Waals surface area contributed by atoms with Gasteiger partial charge in [0.25, 0.3) is 11.5 Å². The normalized spacial score (nSPS) is 16.0. The molecular weight excluding hydrogens is 320 g/mol. The van der Waals surface area contributed by atoms with Gasteiger partial charge in [-0.15, -0.1) is 0 Å². The van der Waals surface area contributed by atoms with E-state index in [2.05, 4.69) is 9.88 Å². The quantitative estimate of drug-likeness (QED) is 0.870. The first-order valence-electron chi connectivity index (χ1n) is 8.74. The number of aromatic nitrogens is 1. The maximum atomic E-state index is 12.7. The number of nitrogens with zero attached hydrogens (tertiary/aromatic N) is 3. The van der Waals surface area contributed by atoms with Crippen molar-refractivity contribution in [1.82, 2.24) is 19.7 Å². The second kappa shape index (κ2) is 8.29. The molecule has 7 nitrogen and oxygen atoms in total. The molecule has 0 aromatic carbocycles. The molecule has 0 unspecified atom stereocenters. The summed E-state index contributed by atoms with van der Waals surface area (Å²) in [5, 5.41) is 0. The van der Waals surface area contributed by atoms with Crippen molar-refractivity contribution in [1.29, 1.82) is 0 Å². The number of carbonyl (C=O) groups is 2. The summed E-state index contributed by atoms with van der Waals surface area (Å²) >= 11 is 0. The molecule has 1 saturated heterocycles. The lowest BCUT2D eigenvalue weighted by Gasteiger charge is -2.22. The minimum absolute atomic E-state index is 0.0560. The van der Waals surface area contributed by atoms with E-state index in [0.29, 0.717) is 26.2 Å². The number of H-pyrrole nitrogens is 1. The van der Waals surface area contributed by atoms with E-state index in [-0.39, 0.29) is 28.9 Å². The second-order valence-corrected chi connectivity index (χ2v) is 7.02. The first kappa shape index (κ1) is 19.2. The fourth-order valence-corrected chi connectivity index (χ4v) is 2.83. The summed E-state index contributed by atoms with van der Waals surface area (Å²) in [6.45, 7) is 6.86. The highest BCUT2D eigenvalue weighted by atomic mass is 16.2. The molecule has 1 aromatic heterocycles. The number of hydrogen-bond acceptors (Lipinski definition) is 4. The molecule has 1 N–H and O–H groups in total. The van der Waals surface area contributed by atoms with Crippen molar-refractivity contribution in [2.75, 3.05) is 46.8 Å². The molecule has 2 heterocycles. The standard InChI is InChI=1S/C18H28N4O3/c1-13(2)15-7-6-14(17(24)19-15)18(25)22-9-5-8-21(10-11-22)12-16(23)20(3)4/h6-7,13H,5,8-12H2,1-4H3,(H,19,24). The van der Waals surface area contributed by atoms with Crippen LogP contribution in [0.1, 0.15) is 42.2 Å². The molecule has 0 radical (unpaired) electrons. The van der Waals surface area contributed by atoms with Crippen LogP contribution < -0.4 is 5.56 Å². The molecule has 0 aliphatic carbocycles. The largest absolute Gasteiger partial charge is 0.348 e. The van der Waals surface area contributed by atoms with Crippen LogP contribution in [0.15, 0.2) is 16.9 Å². The molecule has 0 spiro atoms. The van der Waals surface area contributed by atoms with E-state index in [4.69, 9.17) is 0 Å². The van der Waals surface area contributed by atoms with Crippen LogP contribution in [0.5, 0.6) is 0 Å². The number of hydrogen-bond donors (Lipinski definition) is 1. The molecule has 0 atom stereocenters. The van der Waals surface area contributed by atoms with Gasteiger partial charge in [-0.3, -0.25) is 19.3 Å². The Bertz CT molecular complexity index is 681. The summed E-state index contributed by atoms with van der Waals surface area (Å²) in [4.78, 5) is 44.9. The van der Waals surface area contributed by atoms with E-state index in [0.717, 1.165) is 18.7 Å². The highest BCUT2D eigenvalue weighted by molar-refractivity contribution is 5.93. The molecular formula is C18H28N4O3. The van der Waals surface area contributed by atoms with Crippen molar-refractivity contribution in [3.63, 3.8) is 0 Å². The fourth-order valence-electron chi connectivity index (χ4n) is 2.83. The fraction of sp³-hybridized carbons (Fsp3) is 0.611. The maximum Gasteiger partial charge on any atom is 0.261 e. The predicted molar refractivity (Wildman–Crippen MR) is 96.8 cm³/mol. The van der Waals surface area contributed by atoms with Gasteiger partial charge < -0.3 is 14.8 Å². The van der Waals surface area contributed by atoms with E-state index in [1.165, 1.54) is 0 Å². The summed E-state index contributed by atoms with van der Waals surface area (Å²) in [6.07, 6.45) is 0.786. The number of amides is 2. The molecule has 0 saturated carbocycles. The Morgan fingerprint density at radius 1 is 1.16 bits per heavy atom. The third kappa shape index (κ3) is 4.92. The van der Waals surface area contributed by atoms with E-state index in [9.17, 15) is 14.4 Å². The van der Waals surface area contributed by atoms with Crippen molar-refractivity contribution < 1.29 is 9.59 Å². The Balaban J connectivity index is 2.04. The number of nitrogens with one attached hydrogen (secondary N) is 1. The molecule has 1 aliphatic heterocycles. The van der Waals surface area contributed by atoms with Crippen LogP contribution in [-0.2, 0) is 4.79 Å². The molecule has 1 aliphatic rings. The van der Waals surface area contributed by atoms with Crippen LogP contribution in [0.3, 0.4) is 0 Å². The van der Waals surface area contributed by atoms with Gasteiger partial charge in [-0.1, -0.05) is 13.8 Å². The summed E-state index contributed by atoms with van der Waals surface area (Å²) in [7, 11) is 3.48. The van der Waals surface area contributed by atoms with Gasteiger partial charge in [0.1, 0.15) is 5.56 Å². The topological polar surface area (TPSA) is 76.7 Å². The number of aromatic amines is 1. The molecule has 2 rings (SSSR count). The summed E-state index contributed by atoms with van der Waals surface area (Å²) in [5.41, 5.74) is 0.674.